The third kappa shape index (κ3) is 13.4. The maximum absolute atomic E-state index is 13.5. The Morgan fingerprint density at radius 3 is 1.12 bits per heavy atom. The van der Waals surface area contributed by atoms with Crippen LogP contribution in [0, 0.1) is 21.7 Å². The fourth-order valence-electron chi connectivity index (χ4n) is 3.44. The first-order valence-electron chi connectivity index (χ1n) is 13.3. The molecule has 0 unspecified atom stereocenters. The summed E-state index contributed by atoms with van der Waals surface area (Å²) >= 11 is -3.98. The molecule has 33 heavy (non-hydrogen) atoms. The standard InChI is InChI=1S/2C10H20O2.2C4H9.Sn/c2*1-9(2,3)6-7-10(4,5)8(11)12;2*1-3-4-2;/h2*6-7H2,1-5H3,(H,11,12);2*1,3-4H2,2H3;/q;;;;+2/p-2. The Balaban J connectivity index is 5.80. The summed E-state index contributed by atoms with van der Waals surface area (Å²) in [6.45, 7) is 25.4. The zero-order chi connectivity index (χ0) is 26.1. The van der Waals surface area contributed by atoms with Crippen LogP contribution in [0.5, 0.6) is 0 Å². The quantitative estimate of drug-likeness (QED) is 0.194. The van der Waals surface area contributed by atoms with E-state index in [9.17, 15) is 9.59 Å². The Morgan fingerprint density at radius 1 is 0.576 bits per heavy atom. The van der Waals surface area contributed by atoms with Crippen molar-refractivity contribution in [1.29, 1.82) is 0 Å². The fourth-order valence-corrected chi connectivity index (χ4v) is 14.0. The van der Waals surface area contributed by atoms with Gasteiger partial charge in [-0.05, 0) is 0 Å². The van der Waals surface area contributed by atoms with E-state index in [1.54, 1.807) is 0 Å². The predicted molar refractivity (Wildman–Crippen MR) is 142 cm³/mol. The van der Waals surface area contributed by atoms with Crippen LogP contribution in [0.3, 0.4) is 0 Å². The molecule has 196 valence electrons. The molecule has 0 spiro atoms. The minimum absolute atomic E-state index is 0.159. The second-order valence-electron chi connectivity index (χ2n) is 13.8. The van der Waals surface area contributed by atoms with Gasteiger partial charge in [0.2, 0.25) is 0 Å². The molecule has 0 atom stereocenters. The van der Waals surface area contributed by atoms with E-state index in [4.69, 9.17) is 6.15 Å². The first-order valence-corrected chi connectivity index (χ1v) is 19.6. The van der Waals surface area contributed by atoms with Crippen molar-refractivity contribution in [2.24, 2.45) is 21.7 Å². The molecule has 0 amide bonds. The third-order valence-electron chi connectivity index (χ3n) is 6.49. The Morgan fingerprint density at radius 2 is 0.879 bits per heavy atom. The Kier molecular flexibility index (Phi) is 13.1. The first kappa shape index (κ1) is 32.7. The van der Waals surface area contributed by atoms with Crippen LogP contribution in [0.4, 0.5) is 0 Å². The van der Waals surface area contributed by atoms with Gasteiger partial charge in [0.1, 0.15) is 0 Å². The van der Waals surface area contributed by atoms with Crippen LogP contribution in [-0.4, -0.2) is 31.1 Å². The van der Waals surface area contributed by atoms with Crippen molar-refractivity contribution in [3.8, 4) is 0 Å². The van der Waals surface area contributed by atoms with E-state index in [1.165, 1.54) is 0 Å². The van der Waals surface area contributed by atoms with Crippen LogP contribution in [0.2, 0.25) is 8.87 Å². The van der Waals surface area contributed by atoms with Gasteiger partial charge in [-0.3, -0.25) is 0 Å². The van der Waals surface area contributed by atoms with Gasteiger partial charge in [-0.2, -0.15) is 0 Å². The van der Waals surface area contributed by atoms with E-state index in [1.807, 2.05) is 27.7 Å². The molecule has 0 aromatic rings. The molecule has 0 bridgehead atoms. The number of hydrogen-bond acceptors (Lipinski definition) is 4. The SMILES string of the molecule is CCC[CH2][Sn]([CH2]CCC)([O]C(=O)C(C)(C)CCC(C)(C)C)[O]C(=O)C(C)(C)CCC(C)(C)C. The molecule has 0 saturated heterocycles. The summed E-state index contributed by atoms with van der Waals surface area (Å²) in [5, 5.41) is 0. The van der Waals surface area contributed by atoms with Gasteiger partial charge in [-0.25, -0.2) is 0 Å². The molecule has 0 rings (SSSR count). The number of carbonyl (C=O) groups excluding carboxylic acids is 2. The van der Waals surface area contributed by atoms with E-state index < -0.39 is 30.0 Å². The van der Waals surface area contributed by atoms with Crippen LogP contribution in [-0.2, 0) is 15.7 Å². The Hall–Kier alpha value is -0.261. The first-order chi connectivity index (χ1) is 14.8. The Labute approximate surface area is 211 Å². The average Bonchev–Trinajstić information content (AvgIpc) is 2.66. The molecule has 0 heterocycles. The average molecular weight is 575 g/mol. The van der Waals surface area contributed by atoms with E-state index in [0.717, 1.165) is 60.2 Å². The summed E-state index contributed by atoms with van der Waals surface area (Å²) in [7, 11) is 0. The second-order valence-corrected chi connectivity index (χ2v) is 23.0. The third-order valence-corrected chi connectivity index (χ3v) is 16.0. The van der Waals surface area contributed by atoms with E-state index in [2.05, 4.69) is 55.4 Å². The van der Waals surface area contributed by atoms with Crippen molar-refractivity contribution in [2.75, 3.05) is 0 Å². The van der Waals surface area contributed by atoms with Crippen LogP contribution < -0.4 is 0 Å². The summed E-state index contributed by atoms with van der Waals surface area (Å²) in [5.41, 5.74) is -0.845. The molecule has 0 N–H and O–H groups in total. The molecule has 0 aliphatic heterocycles. The number of unbranched alkanes of at least 4 members (excludes halogenated alkanes) is 2. The summed E-state index contributed by atoms with van der Waals surface area (Å²) in [6, 6.07) is 0. The fraction of sp³-hybridized carbons (Fsp3) is 0.929. The Bertz CT molecular complexity index is 554. The van der Waals surface area contributed by atoms with Crippen molar-refractivity contribution < 1.29 is 15.7 Å². The molecular weight excluding hydrogens is 519 g/mol. The molecule has 0 aromatic heterocycles. The van der Waals surface area contributed by atoms with Crippen molar-refractivity contribution in [1.82, 2.24) is 0 Å². The predicted octanol–water partition coefficient (Wildman–Crippen LogP) is 8.82. The van der Waals surface area contributed by atoms with Crippen LogP contribution in [0.15, 0.2) is 0 Å². The van der Waals surface area contributed by atoms with Gasteiger partial charge >= 0.3 is 212 Å². The molecule has 0 saturated carbocycles. The monoisotopic (exact) mass is 576 g/mol. The summed E-state index contributed by atoms with van der Waals surface area (Å²) in [5.74, 6) is -0.342. The second kappa shape index (κ2) is 13.2. The van der Waals surface area contributed by atoms with Gasteiger partial charge in [-0.1, -0.05) is 0 Å². The van der Waals surface area contributed by atoms with Crippen molar-refractivity contribution in [2.45, 2.75) is 143 Å². The molecular formula is C28H56O4Sn. The van der Waals surface area contributed by atoms with Gasteiger partial charge in [0, 0.05) is 0 Å². The summed E-state index contributed by atoms with van der Waals surface area (Å²) in [6.07, 6.45) is 7.30. The minimum atomic E-state index is -3.98. The van der Waals surface area contributed by atoms with Gasteiger partial charge in [0.25, 0.3) is 0 Å². The van der Waals surface area contributed by atoms with Crippen LogP contribution in [0.1, 0.15) is 134 Å². The van der Waals surface area contributed by atoms with Crippen LogP contribution in [0.25, 0.3) is 0 Å². The molecule has 0 aliphatic carbocycles. The molecule has 5 heteroatoms. The molecule has 4 nitrogen and oxygen atoms in total. The molecule has 0 fully saturated rings. The van der Waals surface area contributed by atoms with Crippen LogP contribution >= 0.6 is 0 Å². The van der Waals surface area contributed by atoms with Gasteiger partial charge in [-0.15, -0.1) is 0 Å². The molecule has 0 radical (unpaired) electrons. The van der Waals surface area contributed by atoms with E-state index >= 15 is 0 Å². The molecule has 0 aromatic carbocycles. The number of rotatable bonds is 14. The van der Waals surface area contributed by atoms with Crippen molar-refractivity contribution >= 4 is 31.1 Å². The zero-order valence-electron chi connectivity index (χ0n) is 24.2. The number of carbonyl (C=O) groups is 2. The summed E-state index contributed by atoms with van der Waals surface area (Å²) in [4.78, 5) is 26.9. The van der Waals surface area contributed by atoms with Gasteiger partial charge < -0.3 is 0 Å². The summed E-state index contributed by atoms with van der Waals surface area (Å²) < 4.78 is 14.3. The normalized spacial score (nSPS) is 13.7. The molecule has 0 aliphatic rings. The maximum atomic E-state index is 13.5. The van der Waals surface area contributed by atoms with Gasteiger partial charge in [0.15, 0.2) is 0 Å². The topological polar surface area (TPSA) is 52.6 Å². The van der Waals surface area contributed by atoms with Crippen molar-refractivity contribution in [3.05, 3.63) is 0 Å². The van der Waals surface area contributed by atoms with E-state index in [-0.39, 0.29) is 22.8 Å². The van der Waals surface area contributed by atoms with E-state index in [0.29, 0.717) is 0 Å². The van der Waals surface area contributed by atoms with Gasteiger partial charge in [0.05, 0.1) is 0 Å². The number of hydrogen-bond donors (Lipinski definition) is 0. The zero-order valence-corrected chi connectivity index (χ0v) is 27.1. The van der Waals surface area contributed by atoms with Crippen molar-refractivity contribution in [3.63, 3.8) is 0 Å².